The Morgan fingerprint density at radius 2 is 2.00 bits per heavy atom. The zero-order valence-electron chi connectivity index (χ0n) is 10.1. The summed E-state index contributed by atoms with van der Waals surface area (Å²) in [5, 5.41) is 0. The summed E-state index contributed by atoms with van der Waals surface area (Å²) in [7, 11) is 0. The van der Waals surface area contributed by atoms with Crippen LogP contribution in [0, 0.1) is 0 Å². The van der Waals surface area contributed by atoms with Crippen LogP contribution in [0.15, 0.2) is 39.4 Å². The molecule has 0 unspecified atom stereocenters. The number of hydrogen-bond donors (Lipinski definition) is 0. The fourth-order valence-corrected chi connectivity index (χ4v) is 5.19. The van der Waals surface area contributed by atoms with Crippen molar-refractivity contribution in [1.29, 1.82) is 0 Å². The van der Waals surface area contributed by atoms with Crippen molar-refractivity contribution < 1.29 is 0 Å². The quantitative estimate of drug-likeness (QED) is 0.534. The van der Waals surface area contributed by atoms with Gasteiger partial charge in [0.05, 0.1) is 0 Å². The number of benzene rings is 1. The summed E-state index contributed by atoms with van der Waals surface area (Å²) in [6.45, 7) is 2.26. The van der Waals surface area contributed by atoms with Gasteiger partial charge in [0.2, 0.25) is 0 Å². The molecule has 0 aliphatic carbocycles. The first-order valence-electron chi connectivity index (χ1n) is 5.84. The second kappa shape index (κ2) is 9.16. The summed E-state index contributed by atoms with van der Waals surface area (Å²) in [5.41, 5.74) is 0. The van der Waals surface area contributed by atoms with E-state index in [-0.39, 0.29) is 20.9 Å². The van der Waals surface area contributed by atoms with Crippen molar-refractivity contribution in [3.05, 3.63) is 39.4 Å². The van der Waals surface area contributed by atoms with Crippen molar-refractivity contribution in [2.24, 2.45) is 0 Å². The zero-order chi connectivity index (χ0) is 11.6. The minimum absolute atomic E-state index is 0.124. The number of hydrogen-bond acceptors (Lipinski definition) is 1. The van der Waals surface area contributed by atoms with E-state index in [2.05, 4.69) is 49.6 Å². The van der Waals surface area contributed by atoms with E-state index in [1.165, 1.54) is 25.7 Å². The molecule has 2 heteroatoms. The molecule has 1 rings (SSSR count). The Bertz CT molecular complexity index is 306. The van der Waals surface area contributed by atoms with E-state index in [1.54, 1.807) is 6.56 Å². The van der Waals surface area contributed by atoms with Crippen molar-refractivity contribution >= 4 is 36.3 Å². The summed E-state index contributed by atoms with van der Waals surface area (Å²) in [4.78, 5) is 0. The molecule has 0 spiro atoms. The predicted molar refractivity (Wildman–Crippen MR) is 77.6 cm³/mol. The second-order valence-electron chi connectivity index (χ2n) is 3.64. The molecule has 0 heterocycles. The molecule has 0 aliphatic rings. The van der Waals surface area contributed by atoms with Crippen molar-refractivity contribution in [1.82, 2.24) is 0 Å². The Morgan fingerprint density at radius 1 is 1.25 bits per heavy atom. The van der Waals surface area contributed by atoms with Crippen LogP contribution >= 0.6 is 11.8 Å². The Balaban J connectivity index is 2.42. The molecule has 1 aromatic rings. The van der Waals surface area contributed by atoms with Crippen LogP contribution in [0.25, 0.3) is 0 Å². The molecule has 0 N–H and O–H groups in total. The fourth-order valence-electron chi connectivity index (χ4n) is 1.39. The Kier molecular flexibility index (Phi) is 8.11. The maximum absolute atomic E-state index is 2.47. The van der Waals surface area contributed by atoms with Crippen LogP contribution in [0.3, 0.4) is 0 Å². The molecule has 0 atom stereocenters. The molecule has 88 valence electrons. The molecule has 0 amide bonds. The van der Waals surface area contributed by atoms with E-state index in [1.807, 2.05) is 11.8 Å². The van der Waals surface area contributed by atoms with E-state index < -0.39 is 0 Å². The molecule has 0 bridgehead atoms. The van der Waals surface area contributed by atoms with Crippen LogP contribution in [0.1, 0.15) is 32.6 Å². The minimum atomic E-state index is -0.124. The zero-order valence-corrected chi connectivity index (χ0v) is 13.3. The van der Waals surface area contributed by atoms with Crippen LogP contribution in [0.5, 0.6) is 0 Å². The van der Waals surface area contributed by atoms with Gasteiger partial charge in [-0.05, 0) is 0 Å². The van der Waals surface area contributed by atoms with Crippen LogP contribution in [0.4, 0.5) is 0 Å². The van der Waals surface area contributed by atoms with Crippen LogP contribution in [-0.2, 0) is 0 Å². The summed E-state index contributed by atoms with van der Waals surface area (Å²) in [6.07, 6.45) is 9.97. The Hall–Kier alpha value is 0.0996. The van der Waals surface area contributed by atoms with Crippen molar-refractivity contribution in [3.8, 4) is 0 Å². The van der Waals surface area contributed by atoms with Gasteiger partial charge in [-0.3, -0.25) is 0 Å². The molecule has 1 aromatic carbocycles. The summed E-state index contributed by atoms with van der Waals surface area (Å²) in [5.74, 6) is 0. The van der Waals surface area contributed by atoms with Gasteiger partial charge in [-0.1, -0.05) is 0 Å². The molecular weight excluding hydrogens is 328 g/mol. The van der Waals surface area contributed by atoms with Gasteiger partial charge >= 0.3 is 115 Å². The van der Waals surface area contributed by atoms with Crippen LogP contribution < -0.4 is 3.61 Å². The van der Waals surface area contributed by atoms with Crippen LogP contribution in [-0.4, -0.2) is 27.2 Å². The fraction of sp³-hybridized carbons (Fsp3) is 0.429. The van der Waals surface area contributed by atoms with Gasteiger partial charge in [0.1, 0.15) is 0 Å². The molecule has 0 aromatic heterocycles. The summed E-state index contributed by atoms with van der Waals surface area (Å²) >= 11 is 1.82. The van der Waals surface area contributed by atoms with Gasteiger partial charge in [-0.2, -0.15) is 0 Å². The number of unbranched alkanes of at least 4 members (excludes halogenated alkanes) is 3. The number of thioether (sulfide) groups is 1. The maximum atomic E-state index is 2.47. The first-order chi connectivity index (χ1) is 7.86. The van der Waals surface area contributed by atoms with Gasteiger partial charge < -0.3 is 0 Å². The first kappa shape index (κ1) is 14.2. The molecule has 16 heavy (non-hydrogen) atoms. The third-order valence-electron chi connectivity index (χ3n) is 2.28. The topological polar surface area (TPSA) is 0 Å². The van der Waals surface area contributed by atoms with E-state index in [9.17, 15) is 0 Å². The monoisotopic (exact) mass is 350 g/mol. The summed E-state index contributed by atoms with van der Waals surface area (Å²) in [6, 6.07) is 10.9. The van der Waals surface area contributed by atoms with E-state index in [0.717, 1.165) is 0 Å². The molecular formula is C14H20STe. The molecule has 0 saturated heterocycles. The molecule has 0 nitrogen and oxygen atoms in total. The van der Waals surface area contributed by atoms with E-state index in [4.69, 9.17) is 0 Å². The molecule has 0 radical (unpaired) electrons. The van der Waals surface area contributed by atoms with Crippen molar-refractivity contribution in [2.75, 3.05) is 6.26 Å². The first-order valence-corrected chi connectivity index (χ1v) is 9.39. The molecule has 0 fully saturated rings. The Labute approximate surface area is 114 Å². The third kappa shape index (κ3) is 5.99. The average Bonchev–Trinajstić information content (AvgIpc) is 2.34. The predicted octanol–water partition coefficient (Wildman–Crippen LogP) is 3.80. The standard InChI is InChI=1S/C14H20STe/c1-3-4-5-9-12-14(15-2)16-13-10-7-6-8-11-13/h6-8,10-12H,3-5,9H2,1-2H3/b14-12+. The van der Waals surface area contributed by atoms with Crippen molar-refractivity contribution in [2.45, 2.75) is 32.6 Å². The SMILES string of the molecule is CCCCC/C=C(\SC)[Te]c1ccccc1. The van der Waals surface area contributed by atoms with Gasteiger partial charge in [0, 0.05) is 0 Å². The number of allylic oxidation sites excluding steroid dienone is 1. The van der Waals surface area contributed by atoms with Crippen molar-refractivity contribution in [3.63, 3.8) is 0 Å². The van der Waals surface area contributed by atoms with Gasteiger partial charge in [-0.15, -0.1) is 0 Å². The van der Waals surface area contributed by atoms with Gasteiger partial charge in [0.25, 0.3) is 0 Å². The summed E-state index contributed by atoms with van der Waals surface area (Å²) < 4.78 is 3.18. The van der Waals surface area contributed by atoms with Gasteiger partial charge in [-0.25, -0.2) is 0 Å². The van der Waals surface area contributed by atoms with Gasteiger partial charge in [0.15, 0.2) is 0 Å². The molecule has 0 saturated carbocycles. The normalized spacial score (nSPS) is 11.8. The Morgan fingerprint density at radius 3 is 2.62 bits per heavy atom. The average molecular weight is 348 g/mol. The second-order valence-corrected chi connectivity index (χ2v) is 8.48. The van der Waals surface area contributed by atoms with E-state index in [0.29, 0.717) is 0 Å². The van der Waals surface area contributed by atoms with Crippen LogP contribution in [0.2, 0.25) is 0 Å². The third-order valence-corrected chi connectivity index (χ3v) is 7.34. The molecule has 0 aliphatic heterocycles. The number of rotatable bonds is 7. The van der Waals surface area contributed by atoms with E-state index >= 15 is 0 Å².